The number of hydrogen-bond acceptors (Lipinski definition) is 1. The molecule has 1 aromatic carbocycles. The van der Waals surface area contributed by atoms with Gasteiger partial charge in [-0.15, -0.1) is 0 Å². The highest BCUT2D eigenvalue weighted by molar-refractivity contribution is 7.84. The smallest absolute Gasteiger partial charge is 0.141 e. The second-order valence-electron chi connectivity index (χ2n) is 4.89. The van der Waals surface area contributed by atoms with E-state index in [0.29, 0.717) is 0 Å². The summed E-state index contributed by atoms with van der Waals surface area (Å²) < 4.78 is 27.5. The van der Waals surface area contributed by atoms with Crippen LogP contribution in [0.2, 0.25) is 5.02 Å². The van der Waals surface area contributed by atoms with E-state index in [1.807, 2.05) is 27.7 Å². The van der Waals surface area contributed by atoms with Gasteiger partial charge in [-0.05, 0) is 45.4 Å². The van der Waals surface area contributed by atoms with E-state index in [4.69, 9.17) is 11.6 Å². The highest BCUT2D eigenvalue weighted by Crippen LogP contribution is 2.22. The lowest BCUT2D eigenvalue weighted by atomic mass is 10.1. The lowest BCUT2D eigenvalue weighted by molar-refractivity contribution is 0.612. The van der Waals surface area contributed by atoms with Crippen LogP contribution in [0.1, 0.15) is 39.3 Å². The summed E-state index contributed by atoms with van der Waals surface area (Å²) in [6.45, 7) is 7.54. The molecule has 2 atom stereocenters. The minimum Gasteiger partial charge on any atom is -0.242 e. The molecule has 0 radical (unpaired) electrons. The first-order chi connectivity index (χ1) is 7.71. The van der Waals surface area contributed by atoms with Gasteiger partial charge in [0.15, 0.2) is 0 Å². The summed E-state index contributed by atoms with van der Waals surface area (Å²) in [4.78, 5) is 0. The minimum absolute atomic E-state index is 0.0812. The van der Waals surface area contributed by atoms with E-state index in [9.17, 15) is 8.60 Å². The normalized spacial score (nSPS) is 15.6. The molecule has 5 heteroatoms. The van der Waals surface area contributed by atoms with Crippen molar-refractivity contribution in [1.29, 1.82) is 0 Å². The molecule has 1 aromatic rings. The fourth-order valence-corrected chi connectivity index (χ4v) is 2.19. The Morgan fingerprint density at radius 1 is 1.41 bits per heavy atom. The predicted molar refractivity (Wildman–Crippen MR) is 70.9 cm³/mol. The Labute approximate surface area is 109 Å². The third-order valence-electron chi connectivity index (χ3n) is 2.28. The molecule has 0 aliphatic heterocycles. The van der Waals surface area contributed by atoms with Gasteiger partial charge in [0.25, 0.3) is 0 Å². The van der Waals surface area contributed by atoms with Crippen LogP contribution < -0.4 is 4.72 Å². The second kappa shape index (κ2) is 5.46. The SMILES string of the molecule is C[C@H](N[S@@](=O)C(C)(C)C)c1ccc(F)c(Cl)c1. The Kier molecular flexibility index (Phi) is 4.69. The summed E-state index contributed by atoms with van der Waals surface area (Å²) in [6, 6.07) is 4.36. The average molecular weight is 278 g/mol. The van der Waals surface area contributed by atoms with E-state index in [2.05, 4.69) is 4.72 Å². The quantitative estimate of drug-likeness (QED) is 0.899. The van der Waals surface area contributed by atoms with E-state index in [1.165, 1.54) is 6.07 Å². The maximum atomic E-state index is 13.0. The summed E-state index contributed by atoms with van der Waals surface area (Å²) in [5.41, 5.74) is 0.814. The fourth-order valence-electron chi connectivity index (χ4n) is 1.19. The van der Waals surface area contributed by atoms with Crippen molar-refractivity contribution in [3.8, 4) is 0 Å². The molecule has 0 unspecified atom stereocenters. The summed E-state index contributed by atoms with van der Waals surface area (Å²) >= 11 is 5.71. The summed E-state index contributed by atoms with van der Waals surface area (Å²) in [5, 5.41) is 0.0812. The van der Waals surface area contributed by atoms with Crippen LogP contribution >= 0.6 is 11.6 Å². The minimum atomic E-state index is -1.17. The van der Waals surface area contributed by atoms with Crippen LogP contribution in [-0.2, 0) is 11.0 Å². The van der Waals surface area contributed by atoms with Crippen molar-refractivity contribution in [2.75, 3.05) is 0 Å². The molecule has 1 rings (SSSR count). The van der Waals surface area contributed by atoms with Gasteiger partial charge >= 0.3 is 0 Å². The zero-order valence-electron chi connectivity index (χ0n) is 10.4. The van der Waals surface area contributed by atoms with Crippen LogP contribution in [0.4, 0.5) is 4.39 Å². The van der Waals surface area contributed by atoms with Crippen LogP contribution in [0.5, 0.6) is 0 Å². The van der Waals surface area contributed by atoms with Crippen molar-refractivity contribution in [2.45, 2.75) is 38.5 Å². The number of rotatable bonds is 3. The van der Waals surface area contributed by atoms with E-state index in [-0.39, 0.29) is 15.8 Å². The average Bonchev–Trinajstić information content (AvgIpc) is 2.20. The molecule has 0 aliphatic rings. The molecule has 0 spiro atoms. The van der Waals surface area contributed by atoms with Crippen molar-refractivity contribution in [2.24, 2.45) is 0 Å². The molecule has 2 nitrogen and oxygen atoms in total. The van der Waals surface area contributed by atoms with Crippen LogP contribution in [0.25, 0.3) is 0 Å². The molecule has 0 saturated heterocycles. The number of nitrogens with one attached hydrogen (secondary N) is 1. The third-order valence-corrected chi connectivity index (χ3v) is 4.25. The Hall–Kier alpha value is -0.450. The van der Waals surface area contributed by atoms with Crippen molar-refractivity contribution in [3.63, 3.8) is 0 Å². The number of benzene rings is 1. The molecule has 96 valence electrons. The zero-order valence-corrected chi connectivity index (χ0v) is 12.0. The number of halogens is 2. The fraction of sp³-hybridized carbons (Fsp3) is 0.500. The molecule has 0 aliphatic carbocycles. The van der Waals surface area contributed by atoms with E-state index in [0.717, 1.165) is 5.56 Å². The first-order valence-electron chi connectivity index (χ1n) is 5.35. The topological polar surface area (TPSA) is 29.1 Å². The monoisotopic (exact) mass is 277 g/mol. The summed E-state index contributed by atoms with van der Waals surface area (Å²) in [6.07, 6.45) is 0. The first-order valence-corrected chi connectivity index (χ1v) is 6.87. The van der Waals surface area contributed by atoms with Gasteiger partial charge < -0.3 is 0 Å². The van der Waals surface area contributed by atoms with Gasteiger partial charge in [0.05, 0.1) is 20.8 Å². The van der Waals surface area contributed by atoms with Crippen molar-refractivity contribution >= 4 is 22.6 Å². The van der Waals surface area contributed by atoms with Gasteiger partial charge in [0.2, 0.25) is 0 Å². The molecule has 0 amide bonds. The third kappa shape index (κ3) is 4.05. The molecule has 0 heterocycles. The van der Waals surface area contributed by atoms with E-state index < -0.39 is 16.8 Å². The van der Waals surface area contributed by atoms with Crippen molar-refractivity contribution < 1.29 is 8.60 Å². The highest BCUT2D eigenvalue weighted by Gasteiger charge is 2.21. The lowest BCUT2D eigenvalue weighted by Crippen LogP contribution is -2.34. The standard InChI is InChI=1S/C12H17ClFNOS/c1-8(15-17(16)12(2,3)4)9-5-6-11(14)10(13)7-9/h5-8,15H,1-4H3/t8-,17-/m0/s1. The van der Waals surface area contributed by atoms with Gasteiger partial charge in [-0.1, -0.05) is 17.7 Å². The molecule has 0 bridgehead atoms. The molecular weight excluding hydrogens is 261 g/mol. The lowest BCUT2D eigenvalue weighted by Gasteiger charge is -2.22. The Balaban J connectivity index is 2.80. The number of hydrogen-bond donors (Lipinski definition) is 1. The predicted octanol–water partition coefficient (Wildman–Crippen LogP) is 3.59. The van der Waals surface area contributed by atoms with Gasteiger partial charge in [-0.2, -0.15) is 0 Å². The van der Waals surface area contributed by atoms with Gasteiger partial charge in [-0.3, -0.25) is 0 Å². The molecule has 0 saturated carbocycles. The van der Waals surface area contributed by atoms with Crippen LogP contribution in [-0.4, -0.2) is 8.96 Å². The van der Waals surface area contributed by atoms with E-state index >= 15 is 0 Å². The van der Waals surface area contributed by atoms with E-state index in [1.54, 1.807) is 12.1 Å². The van der Waals surface area contributed by atoms with Gasteiger partial charge in [0.1, 0.15) is 5.82 Å². The zero-order chi connectivity index (χ0) is 13.2. The first kappa shape index (κ1) is 14.6. The van der Waals surface area contributed by atoms with Gasteiger partial charge in [-0.25, -0.2) is 13.3 Å². The maximum Gasteiger partial charge on any atom is 0.141 e. The van der Waals surface area contributed by atoms with Gasteiger partial charge in [0, 0.05) is 6.04 Å². The maximum absolute atomic E-state index is 13.0. The molecule has 0 aromatic heterocycles. The summed E-state index contributed by atoms with van der Waals surface area (Å²) in [7, 11) is -1.17. The molecular formula is C12H17ClFNOS. The van der Waals surface area contributed by atoms with Crippen LogP contribution in [0, 0.1) is 5.82 Å². The molecule has 17 heavy (non-hydrogen) atoms. The highest BCUT2D eigenvalue weighted by atomic mass is 35.5. The van der Waals surface area contributed by atoms with Crippen molar-refractivity contribution in [3.05, 3.63) is 34.6 Å². The molecule has 0 fully saturated rings. The Morgan fingerprint density at radius 2 is 2.00 bits per heavy atom. The van der Waals surface area contributed by atoms with Crippen LogP contribution in [0.15, 0.2) is 18.2 Å². The summed E-state index contributed by atoms with van der Waals surface area (Å²) in [5.74, 6) is -0.445. The van der Waals surface area contributed by atoms with Crippen LogP contribution in [0.3, 0.4) is 0 Å². The largest absolute Gasteiger partial charge is 0.242 e. The Bertz CT molecular complexity index is 431. The molecule has 1 N–H and O–H groups in total. The Morgan fingerprint density at radius 3 is 2.47 bits per heavy atom. The second-order valence-corrected chi connectivity index (χ2v) is 7.30. The van der Waals surface area contributed by atoms with Crippen molar-refractivity contribution in [1.82, 2.24) is 4.72 Å².